The van der Waals surface area contributed by atoms with Gasteiger partial charge in [-0.2, -0.15) is 0 Å². The molecule has 0 aliphatic carbocycles. The van der Waals surface area contributed by atoms with Crippen molar-refractivity contribution in [2.24, 2.45) is 0 Å². The van der Waals surface area contributed by atoms with Crippen LogP contribution in [0.25, 0.3) is 0 Å². The van der Waals surface area contributed by atoms with Crippen LogP contribution in [-0.2, 0) is 13.1 Å². The largest absolute Gasteiger partial charge is 0.308 e. The maximum absolute atomic E-state index is 3.45. The molecule has 48 valence electrons. The van der Waals surface area contributed by atoms with E-state index in [9.17, 15) is 0 Å². The highest BCUT2D eigenvalue weighted by Gasteiger charge is 2.12. The lowest BCUT2D eigenvalue weighted by atomic mass is 10.3. The molecule has 1 N–H and O–H groups in total. The Labute approximate surface area is 66.2 Å². The molecule has 1 aliphatic heterocycles. The quantitative estimate of drug-likeness (QED) is 0.682. The molecule has 1 aromatic heterocycles. The summed E-state index contributed by atoms with van der Waals surface area (Å²) in [6.07, 6.45) is 0. The predicted octanol–water partition coefficient (Wildman–Crippen LogP) is 2.11. The van der Waals surface area contributed by atoms with Crippen molar-refractivity contribution < 1.29 is 0 Å². The van der Waals surface area contributed by atoms with Crippen LogP contribution in [0.4, 0.5) is 0 Å². The zero-order valence-corrected chi connectivity index (χ0v) is 7.18. The fraction of sp³-hybridized carbons (Fsp3) is 0.333. The molecule has 9 heavy (non-hydrogen) atoms. The summed E-state index contributed by atoms with van der Waals surface area (Å²) in [5.74, 6) is 0. The first kappa shape index (κ1) is 5.89. The minimum Gasteiger partial charge on any atom is -0.308 e. The minimum atomic E-state index is 1.05. The van der Waals surface area contributed by atoms with Crippen molar-refractivity contribution >= 4 is 27.3 Å². The highest BCUT2D eigenvalue weighted by molar-refractivity contribution is 9.11. The van der Waals surface area contributed by atoms with Crippen LogP contribution in [0.3, 0.4) is 0 Å². The number of fused-ring (bicyclic) bond motifs is 1. The zero-order valence-electron chi connectivity index (χ0n) is 4.78. The van der Waals surface area contributed by atoms with Crippen LogP contribution in [0.1, 0.15) is 10.4 Å². The third kappa shape index (κ3) is 0.933. The Bertz CT molecular complexity index is 209. The first-order valence-electron chi connectivity index (χ1n) is 2.84. The molecule has 0 atom stereocenters. The predicted molar refractivity (Wildman–Crippen MR) is 42.6 cm³/mol. The molecule has 0 radical (unpaired) electrons. The molecule has 0 aromatic carbocycles. The summed E-state index contributed by atoms with van der Waals surface area (Å²) in [5.41, 5.74) is 1.46. The van der Waals surface area contributed by atoms with E-state index >= 15 is 0 Å². The number of halogens is 1. The molecule has 1 aromatic rings. The topological polar surface area (TPSA) is 12.0 Å². The maximum atomic E-state index is 3.45. The number of thiophene rings is 1. The Morgan fingerprint density at radius 3 is 3.22 bits per heavy atom. The number of nitrogens with one attached hydrogen (secondary N) is 1. The summed E-state index contributed by atoms with van der Waals surface area (Å²) in [6.45, 7) is 2.11. The SMILES string of the molecule is Brc1cc2c(s1)CNC2. The summed E-state index contributed by atoms with van der Waals surface area (Å²) >= 11 is 5.28. The molecular weight excluding hydrogens is 198 g/mol. The summed E-state index contributed by atoms with van der Waals surface area (Å²) in [7, 11) is 0. The molecule has 2 heterocycles. The molecule has 0 saturated carbocycles. The van der Waals surface area contributed by atoms with E-state index < -0.39 is 0 Å². The lowest BCUT2D eigenvalue weighted by Gasteiger charge is -1.84. The van der Waals surface area contributed by atoms with Gasteiger partial charge in [0.1, 0.15) is 0 Å². The van der Waals surface area contributed by atoms with Gasteiger partial charge in [-0.3, -0.25) is 0 Å². The molecule has 0 spiro atoms. The van der Waals surface area contributed by atoms with Crippen LogP contribution < -0.4 is 5.32 Å². The average Bonchev–Trinajstić information content (AvgIpc) is 2.22. The number of hydrogen-bond donors (Lipinski definition) is 1. The molecular formula is C6H6BrNS. The van der Waals surface area contributed by atoms with E-state index in [1.807, 2.05) is 11.3 Å². The van der Waals surface area contributed by atoms with E-state index in [4.69, 9.17) is 0 Å². The summed E-state index contributed by atoms with van der Waals surface area (Å²) < 4.78 is 1.26. The Kier molecular flexibility index (Phi) is 1.36. The first-order chi connectivity index (χ1) is 4.36. The molecule has 1 nitrogen and oxygen atoms in total. The van der Waals surface area contributed by atoms with Gasteiger partial charge in [-0.05, 0) is 27.6 Å². The molecule has 3 heteroatoms. The van der Waals surface area contributed by atoms with Crippen molar-refractivity contribution in [3.05, 3.63) is 20.3 Å². The van der Waals surface area contributed by atoms with Crippen LogP contribution in [0.5, 0.6) is 0 Å². The van der Waals surface area contributed by atoms with E-state index in [0.29, 0.717) is 0 Å². The van der Waals surface area contributed by atoms with Gasteiger partial charge in [0.05, 0.1) is 3.79 Å². The summed E-state index contributed by atoms with van der Waals surface area (Å²) in [6, 6.07) is 2.19. The van der Waals surface area contributed by atoms with E-state index in [2.05, 4.69) is 27.3 Å². The van der Waals surface area contributed by atoms with Crippen LogP contribution in [0.2, 0.25) is 0 Å². The Balaban J connectivity index is 2.51. The second-order valence-corrected chi connectivity index (χ2v) is 4.62. The van der Waals surface area contributed by atoms with Crippen molar-refractivity contribution in [3.63, 3.8) is 0 Å². The van der Waals surface area contributed by atoms with Gasteiger partial charge in [0.2, 0.25) is 0 Å². The van der Waals surface area contributed by atoms with Gasteiger partial charge in [0, 0.05) is 18.0 Å². The zero-order chi connectivity index (χ0) is 6.27. The van der Waals surface area contributed by atoms with Crippen LogP contribution >= 0.6 is 27.3 Å². The molecule has 0 bridgehead atoms. The van der Waals surface area contributed by atoms with Crippen molar-refractivity contribution in [2.45, 2.75) is 13.1 Å². The van der Waals surface area contributed by atoms with Crippen molar-refractivity contribution in [1.29, 1.82) is 0 Å². The van der Waals surface area contributed by atoms with Crippen LogP contribution in [-0.4, -0.2) is 0 Å². The molecule has 1 aliphatic rings. The van der Waals surface area contributed by atoms with E-state index in [-0.39, 0.29) is 0 Å². The number of rotatable bonds is 0. The van der Waals surface area contributed by atoms with Crippen molar-refractivity contribution in [1.82, 2.24) is 5.32 Å². The fourth-order valence-electron chi connectivity index (χ4n) is 1.04. The summed E-state index contributed by atoms with van der Waals surface area (Å²) in [4.78, 5) is 1.49. The van der Waals surface area contributed by atoms with Gasteiger partial charge in [0.15, 0.2) is 0 Å². The molecule has 0 fully saturated rings. The minimum absolute atomic E-state index is 1.05. The maximum Gasteiger partial charge on any atom is 0.0705 e. The number of hydrogen-bond acceptors (Lipinski definition) is 2. The van der Waals surface area contributed by atoms with Gasteiger partial charge in [-0.1, -0.05) is 0 Å². The highest BCUT2D eigenvalue weighted by atomic mass is 79.9. The van der Waals surface area contributed by atoms with Crippen LogP contribution in [0.15, 0.2) is 9.85 Å². The highest BCUT2D eigenvalue weighted by Crippen LogP contribution is 2.29. The standard InChI is InChI=1S/C6H6BrNS/c7-6-1-4-2-8-3-5(4)9-6/h1,8H,2-3H2. The summed E-state index contributed by atoms with van der Waals surface area (Å²) in [5, 5.41) is 3.28. The molecule has 0 amide bonds. The van der Waals surface area contributed by atoms with Crippen LogP contribution in [0, 0.1) is 0 Å². The smallest absolute Gasteiger partial charge is 0.0705 e. The van der Waals surface area contributed by atoms with E-state index in [1.54, 1.807) is 0 Å². The Morgan fingerprint density at radius 1 is 1.56 bits per heavy atom. The molecule has 0 saturated heterocycles. The monoisotopic (exact) mass is 203 g/mol. The third-order valence-corrected chi connectivity index (χ3v) is 3.15. The second-order valence-electron chi connectivity index (χ2n) is 2.10. The Hall–Kier alpha value is 0.140. The van der Waals surface area contributed by atoms with E-state index in [0.717, 1.165) is 13.1 Å². The Morgan fingerprint density at radius 2 is 2.44 bits per heavy atom. The normalized spacial score (nSPS) is 16.1. The van der Waals surface area contributed by atoms with E-state index in [1.165, 1.54) is 14.2 Å². The van der Waals surface area contributed by atoms with Gasteiger partial charge in [-0.25, -0.2) is 0 Å². The van der Waals surface area contributed by atoms with Gasteiger partial charge in [0.25, 0.3) is 0 Å². The average molecular weight is 204 g/mol. The molecule has 0 unspecified atom stereocenters. The fourth-order valence-corrected chi connectivity index (χ4v) is 2.78. The van der Waals surface area contributed by atoms with Crippen molar-refractivity contribution in [2.75, 3.05) is 0 Å². The second kappa shape index (κ2) is 2.08. The van der Waals surface area contributed by atoms with Gasteiger partial charge in [-0.15, -0.1) is 11.3 Å². The third-order valence-electron chi connectivity index (χ3n) is 1.47. The lowest BCUT2D eigenvalue weighted by molar-refractivity contribution is 0.767. The van der Waals surface area contributed by atoms with Crippen molar-refractivity contribution in [3.8, 4) is 0 Å². The van der Waals surface area contributed by atoms with Gasteiger partial charge < -0.3 is 5.32 Å². The van der Waals surface area contributed by atoms with Gasteiger partial charge >= 0.3 is 0 Å². The lowest BCUT2D eigenvalue weighted by Crippen LogP contribution is -2.00. The first-order valence-corrected chi connectivity index (χ1v) is 4.45. The molecule has 2 rings (SSSR count).